The second-order valence-electron chi connectivity index (χ2n) is 15.3. The summed E-state index contributed by atoms with van der Waals surface area (Å²) < 4.78 is 17.3. The maximum atomic E-state index is 12.1. The molecule has 2 N–H and O–H groups in total. The summed E-state index contributed by atoms with van der Waals surface area (Å²) in [6.07, 6.45) is 16.3. The zero-order chi connectivity index (χ0) is 37.5. The SMILES string of the molecule is C=C(C)C(=O)OCCCc1cc(-c2ccc(C3CCC(C4CCCCC4)CC3)cc2CC)cc(CCCOC(=O)C(=C)C)c1OCCC(CO)CO. The predicted octanol–water partition coefficient (Wildman–Crippen LogP) is 9.24. The Morgan fingerprint density at radius 2 is 1.31 bits per heavy atom. The van der Waals surface area contributed by atoms with E-state index in [0.717, 1.165) is 40.7 Å². The van der Waals surface area contributed by atoms with Crippen molar-refractivity contribution in [3.63, 3.8) is 0 Å². The highest BCUT2D eigenvalue weighted by Crippen LogP contribution is 2.44. The number of esters is 2. The fourth-order valence-electron chi connectivity index (χ4n) is 8.11. The van der Waals surface area contributed by atoms with E-state index in [1.54, 1.807) is 13.8 Å². The van der Waals surface area contributed by atoms with E-state index < -0.39 is 11.9 Å². The molecule has 0 spiro atoms. The molecule has 0 heterocycles. The van der Waals surface area contributed by atoms with E-state index in [2.05, 4.69) is 50.4 Å². The smallest absolute Gasteiger partial charge is 0.333 e. The number of aryl methyl sites for hydroxylation is 3. The maximum absolute atomic E-state index is 12.1. The number of hydrogen-bond donors (Lipinski definition) is 2. The Labute approximate surface area is 312 Å². The molecule has 2 aliphatic carbocycles. The lowest BCUT2D eigenvalue weighted by atomic mass is 9.70. The first kappa shape index (κ1) is 41.3. The summed E-state index contributed by atoms with van der Waals surface area (Å²) in [7, 11) is 0. The molecule has 52 heavy (non-hydrogen) atoms. The van der Waals surface area contributed by atoms with E-state index >= 15 is 0 Å². The summed E-state index contributed by atoms with van der Waals surface area (Å²) >= 11 is 0. The van der Waals surface area contributed by atoms with Gasteiger partial charge in [0.15, 0.2) is 0 Å². The van der Waals surface area contributed by atoms with Crippen molar-refractivity contribution in [2.45, 2.75) is 123 Å². The van der Waals surface area contributed by atoms with E-state index in [4.69, 9.17) is 14.2 Å². The minimum absolute atomic E-state index is 0.113. The van der Waals surface area contributed by atoms with Crippen molar-refractivity contribution >= 4 is 11.9 Å². The first-order valence-electron chi connectivity index (χ1n) is 19.9. The first-order valence-corrected chi connectivity index (χ1v) is 19.9. The van der Waals surface area contributed by atoms with Gasteiger partial charge in [-0.1, -0.05) is 70.4 Å². The minimum Gasteiger partial charge on any atom is -0.493 e. The van der Waals surface area contributed by atoms with E-state index in [1.165, 1.54) is 74.5 Å². The molecular formula is C45H64O7. The van der Waals surface area contributed by atoms with Gasteiger partial charge in [-0.15, -0.1) is 0 Å². The van der Waals surface area contributed by atoms with Crippen LogP contribution in [0.5, 0.6) is 5.75 Å². The van der Waals surface area contributed by atoms with Crippen LogP contribution in [-0.2, 0) is 38.3 Å². The molecule has 0 unspecified atom stereocenters. The third kappa shape index (κ3) is 12.1. The van der Waals surface area contributed by atoms with Crippen LogP contribution in [0, 0.1) is 17.8 Å². The van der Waals surface area contributed by atoms with Gasteiger partial charge in [0.05, 0.1) is 19.8 Å². The molecule has 0 aliphatic heterocycles. The summed E-state index contributed by atoms with van der Waals surface area (Å²) in [5.74, 6) is 2.18. The molecule has 0 atom stereocenters. The average molecular weight is 717 g/mol. The van der Waals surface area contributed by atoms with Crippen LogP contribution in [0.4, 0.5) is 0 Å². The van der Waals surface area contributed by atoms with Crippen molar-refractivity contribution in [2.24, 2.45) is 17.8 Å². The van der Waals surface area contributed by atoms with Crippen molar-refractivity contribution in [3.8, 4) is 16.9 Å². The molecule has 0 saturated heterocycles. The van der Waals surface area contributed by atoms with Crippen LogP contribution in [0.15, 0.2) is 54.6 Å². The predicted molar refractivity (Wildman–Crippen MR) is 208 cm³/mol. The second-order valence-corrected chi connectivity index (χ2v) is 15.3. The quantitative estimate of drug-likeness (QED) is 0.0800. The Morgan fingerprint density at radius 3 is 1.83 bits per heavy atom. The summed E-state index contributed by atoms with van der Waals surface area (Å²) in [6, 6.07) is 11.5. The first-order chi connectivity index (χ1) is 25.1. The highest BCUT2D eigenvalue weighted by Gasteiger charge is 2.29. The van der Waals surface area contributed by atoms with Crippen molar-refractivity contribution in [3.05, 3.63) is 76.9 Å². The van der Waals surface area contributed by atoms with Crippen LogP contribution in [0.3, 0.4) is 0 Å². The molecule has 4 rings (SSSR count). The standard InChI is InChI=1S/C45H64O7/c1-6-34-26-38(37-18-16-36(17-19-37)35-12-8-7-9-13-35)20-21-42(34)41-27-39(14-10-23-51-44(48)31(2)3)43(50-25-22-33(29-46)30-47)40(28-41)15-11-24-52-45(49)32(4)5/h20-21,26-28,33,35-37,46-47H,2,4,6-19,22-25,29-30H2,1,3,5H3. The molecule has 7 nitrogen and oxygen atoms in total. The van der Waals surface area contributed by atoms with Crippen molar-refractivity contribution in [2.75, 3.05) is 33.0 Å². The number of carbonyl (C=O) groups is 2. The number of ether oxygens (including phenoxy) is 3. The Hall–Kier alpha value is -3.42. The molecule has 286 valence electrons. The van der Waals surface area contributed by atoms with E-state index in [-0.39, 0.29) is 32.3 Å². The number of rotatable bonds is 20. The Kier molecular flexibility index (Phi) is 17.0. The van der Waals surface area contributed by atoms with Gasteiger partial charge in [-0.05, 0) is 141 Å². The molecule has 0 bridgehead atoms. The van der Waals surface area contributed by atoms with Crippen molar-refractivity contribution in [1.29, 1.82) is 0 Å². The van der Waals surface area contributed by atoms with E-state index in [9.17, 15) is 19.8 Å². The molecule has 0 aromatic heterocycles. The molecule has 2 aromatic carbocycles. The average Bonchev–Trinajstić information content (AvgIpc) is 3.17. The van der Waals surface area contributed by atoms with Gasteiger partial charge < -0.3 is 24.4 Å². The topological polar surface area (TPSA) is 102 Å². The number of carbonyl (C=O) groups excluding carboxylic acids is 2. The zero-order valence-electron chi connectivity index (χ0n) is 32.2. The normalized spacial score (nSPS) is 17.9. The molecule has 0 radical (unpaired) electrons. The van der Waals surface area contributed by atoms with Gasteiger partial charge in [-0.3, -0.25) is 0 Å². The highest BCUT2D eigenvalue weighted by molar-refractivity contribution is 5.87. The molecule has 2 aromatic rings. The zero-order valence-corrected chi connectivity index (χ0v) is 32.2. The lowest BCUT2D eigenvalue weighted by molar-refractivity contribution is -0.139. The van der Waals surface area contributed by atoms with Gasteiger partial charge >= 0.3 is 11.9 Å². The van der Waals surface area contributed by atoms with Gasteiger partial charge in [0.1, 0.15) is 5.75 Å². The largest absolute Gasteiger partial charge is 0.493 e. The number of aliphatic hydroxyl groups excluding tert-OH is 2. The molecular weight excluding hydrogens is 652 g/mol. The van der Waals surface area contributed by atoms with Crippen LogP contribution in [0.2, 0.25) is 0 Å². The van der Waals surface area contributed by atoms with Gasteiger partial charge in [-0.25, -0.2) is 9.59 Å². The molecule has 7 heteroatoms. The van der Waals surface area contributed by atoms with Crippen molar-refractivity contribution < 1.29 is 34.0 Å². The molecule has 2 fully saturated rings. The number of aliphatic hydroxyl groups is 2. The molecule has 2 aliphatic rings. The third-order valence-electron chi connectivity index (χ3n) is 11.3. The monoisotopic (exact) mass is 716 g/mol. The Balaban J connectivity index is 1.62. The van der Waals surface area contributed by atoms with Crippen LogP contribution >= 0.6 is 0 Å². The van der Waals surface area contributed by atoms with Crippen LogP contribution < -0.4 is 4.74 Å². The van der Waals surface area contributed by atoms with Crippen LogP contribution in [-0.4, -0.2) is 55.2 Å². The van der Waals surface area contributed by atoms with Gasteiger partial charge in [0.25, 0.3) is 0 Å². The Bertz CT molecular complexity index is 1420. The fraction of sp³-hybridized carbons (Fsp3) is 0.600. The minimum atomic E-state index is -0.399. The fourth-order valence-corrected chi connectivity index (χ4v) is 8.11. The molecule has 0 amide bonds. The maximum Gasteiger partial charge on any atom is 0.333 e. The van der Waals surface area contributed by atoms with Gasteiger partial charge in [0.2, 0.25) is 0 Å². The lowest BCUT2D eigenvalue weighted by Gasteiger charge is -2.36. The van der Waals surface area contributed by atoms with Crippen LogP contribution in [0.1, 0.15) is 126 Å². The van der Waals surface area contributed by atoms with Gasteiger partial charge in [-0.2, -0.15) is 0 Å². The Morgan fingerprint density at radius 1 is 0.750 bits per heavy atom. The number of benzene rings is 2. The van der Waals surface area contributed by atoms with E-state index in [0.29, 0.717) is 55.8 Å². The number of hydrogen-bond acceptors (Lipinski definition) is 7. The summed E-state index contributed by atoms with van der Waals surface area (Å²) in [5, 5.41) is 19.3. The summed E-state index contributed by atoms with van der Waals surface area (Å²) in [5.41, 5.74) is 7.87. The summed E-state index contributed by atoms with van der Waals surface area (Å²) in [4.78, 5) is 24.2. The second kappa shape index (κ2) is 21.3. The van der Waals surface area contributed by atoms with Crippen LogP contribution in [0.25, 0.3) is 11.1 Å². The lowest BCUT2D eigenvalue weighted by Crippen LogP contribution is -2.23. The summed E-state index contributed by atoms with van der Waals surface area (Å²) in [6.45, 7) is 13.5. The van der Waals surface area contributed by atoms with Gasteiger partial charge in [0, 0.05) is 30.3 Å². The van der Waals surface area contributed by atoms with Crippen molar-refractivity contribution in [1.82, 2.24) is 0 Å². The van der Waals surface area contributed by atoms with E-state index in [1.807, 2.05) is 0 Å². The molecule has 2 saturated carbocycles. The highest BCUT2D eigenvalue weighted by atomic mass is 16.5. The third-order valence-corrected chi connectivity index (χ3v) is 11.3.